The molecule has 0 aliphatic heterocycles. The molecule has 0 radical (unpaired) electrons. The number of pyridine rings is 2. The fourth-order valence-corrected chi connectivity index (χ4v) is 6.38. The molecule has 4 nitrogen and oxygen atoms in total. The Kier molecular flexibility index (Phi) is 11.3. The first-order valence-corrected chi connectivity index (χ1v) is 16.9. The molecule has 2 atom stereocenters. The fourth-order valence-electron chi connectivity index (χ4n) is 4.89. The molecule has 0 spiro atoms. The molecule has 46 heavy (non-hydrogen) atoms. The first-order valence-electron chi connectivity index (χ1n) is 13.8. The molecule has 6 aromatic rings. The Bertz CT molecular complexity index is 2050. The predicted octanol–water partition coefficient (Wildman–Crippen LogP) is 13.2. The summed E-state index contributed by atoms with van der Waals surface area (Å²) in [6, 6.07) is 20.0. The second-order valence-corrected chi connectivity index (χ2v) is 13.6. The number of hydrogen-bond acceptors (Lipinski definition) is 4. The number of halogens is 8. The van der Waals surface area contributed by atoms with Gasteiger partial charge in [-0.25, -0.2) is 8.78 Å². The molecule has 2 N–H and O–H groups in total. The van der Waals surface area contributed by atoms with Crippen LogP contribution < -0.4 is 10.6 Å². The average molecular weight is 828 g/mol. The summed E-state index contributed by atoms with van der Waals surface area (Å²) in [4.78, 5) is 8.58. The molecule has 2 unspecified atom stereocenters. The zero-order valence-electron chi connectivity index (χ0n) is 24.2. The van der Waals surface area contributed by atoms with E-state index in [4.69, 9.17) is 46.4 Å². The van der Waals surface area contributed by atoms with Crippen LogP contribution in [-0.4, -0.2) is 9.97 Å². The van der Waals surface area contributed by atoms with Crippen molar-refractivity contribution in [3.8, 4) is 0 Å². The minimum Gasteiger partial charge on any atom is -0.377 e. The van der Waals surface area contributed by atoms with Crippen molar-refractivity contribution >= 4 is 111 Å². The van der Waals surface area contributed by atoms with Crippen LogP contribution in [0.2, 0.25) is 20.1 Å². The van der Waals surface area contributed by atoms with Crippen molar-refractivity contribution in [3.05, 3.63) is 137 Å². The van der Waals surface area contributed by atoms with Gasteiger partial charge in [0.1, 0.15) is 11.6 Å². The standard InChI is InChI=1S/2C17H12BrCl2FN2/c1-9(10-4-2-3-5-15(10)21)23-17-11-6-12(18)13(19)7-16(11)22-8-14(17)20;1-9(10-4-2-3-5-13(10)21)23-17-12(19)8-22-14-7-6-11(18)16(20)15(14)17/h2*2-9H,1H3,(H,22,23). The van der Waals surface area contributed by atoms with E-state index in [1.807, 2.05) is 32.0 Å². The first-order chi connectivity index (χ1) is 22.0. The summed E-state index contributed by atoms with van der Waals surface area (Å²) >= 11 is 31.9. The molecule has 0 saturated heterocycles. The highest BCUT2D eigenvalue weighted by Gasteiger charge is 2.18. The van der Waals surface area contributed by atoms with Gasteiger partial charge in [0.05, 0.1) is 54.6 Å². The summed E-state index contributed by atoms with van der Waals surface area (Å²) in [7, 11) is 0. The lowest BCUT2D eigenvalue weighted by Crippen LogP contribution is -2.09. The monoisotopic (exact) mass is 824 g/mol. The Morgan fingerprint density at radius 3 is 1.74 bits per heavy atom. The third-order valence-corrected chi connectivity index (χ3v) is 10.3. The Labute approximate surface area is 301 Å². The van der Waals surface area contributed by atoms with E-state index in [1.165, 1.54) is 12.1 Å². The zero-order chi connectivity index (χ0) is 33.1. The molecule has 2 heterocycles. The molecule has 236 valence electrons. The van der Waals surface area contributed by atoms with Crippen molar-refractivity contribution in [3.63, 3.8) is 0 Å². The Morgan fingerprint density at radius 1 is 0.630 bits per heavy atom. The molecule has 2 aromatic heterocycles. The highest BCUT2D eigenvalue weighted by molar-refractivity contribution is 9.10. The van der Waals surface area contributed by atoms with Gasteiger partial charge >= 0.3 is 0 Å². The van der Waals surface area contributed by atoms with Crippen molar-refractivity contribution in [1.82, 2.24) is 9.97 Å². The number of nitrogens with zero attached hydrogens (tertiary/aromatic N) is 2. The van der Waals surface area contributed by atoms with Gasteiger partial charge in [0, 0.05) is 43.2 Å². The summed E-state index contributed by atoms with van der Waals surface area (Å²) in [6.45, 7) is 3.75. The highest BCUT2D eigenvalue weighted by Crippen LogP contribution is 2.40. The molecular formula is C34H24Br2Cl4F2N4. The third-order valence-electron chi connectivity index (χ3n) is 7.21. The van der Waals surface area contributed by atoms with Crippen LogP contribution in [0.1, 0.15) is 37.1 Å². The molecule has 6 rings (SSSR count). The number of fused-ring (bicyclic) bond motifs is 2. The van der Waals surface area contributed by atoms with Crippen LogP contribution in [0, 0.1) is 11.6 Å². The molecule has 4 aromatic carbocycles. The van der Waals surface area contributed by atoms with Crippen LogP contribution in [0.4, 0.5) is 20.2 Å². The summed E-state index contributed by atoms with van der Waals surface area (Å²) in [6.07, 6.45) is 3.12. The minimum atomic E-state index is -0.283. The maximum Gasteiger partial charge on any atom is 0.128 e. The second-order valence-electron chi connectivity index (χ2n) is 10.3. The van der Waals surface area contributed by atoms with E-state index in [0.29, 0.717) is 59.0 Å². The van der Waals surface area contributed by atoms with Crippen molar-refractivity contribution in [1.29, 1.82) is 0 Å². The molecule has 0 aliphatic carbocycles. The smallest absolute Gasteiger partial charge is 0.128 e. The molecule has 0 amide bonds. The van der Waals surface area contributed by atoms with Gasteiger partial charge in [-0.2, -0.15) is 0 Å². The van der Waals surface area contributed by atoms with Crippen LogP contribution in [0.15, 0.2) is 94.1 Å². The van der Waals surface area contributed by atoms with Crippen LogP contribution in [0.3, 0.4) is 0 Å². The molecule has 0 bridgehead atoms. The SMILES string of the molecule is CC(Nc1c(Cl)cnc2cc(Cl)c(Br)cc12)c1ccccc1F.CC(Nc1c(Cl)cnc2ccc(Br)c(Cl)c12)c1ccccc1F. The summed E-state index contributed by atoms with van der Waals surface area (Å²) < 4.78 is 29.4. The van der Waals surface area contributed by atoms with Gasteiger partial charge in [-0.1, -0.05) is 82.8 Å². The van der Waals surface area contributed by atoms with E-state index < -0.39 is 0 Å². The topological polar surface area (TPSA) is 49.8 Å². The Hall–Kier alpha value is -2.72. The summed E-state index contributed by atoms with van der Waals surface area (Å²) in [5.74, 6) is -0.527. The van der Waals surface area contributed by atoms with Gasteiger partial charge in [0.15, 0.2) is 0 Å². The minimum absolute atomic E-state index is 0.256. The van der Waals surface area contributed by atoms with Crippen molar-refractivity contribution in [2.45, 2.75) is 25.9 Å². The van der Waals surface area contributed by atoms with E-state index in [1.54, 1.807) is 54.9 Å². The number of anilines is 2. The van der Waals surface area contributed by atoms with E-state index in [0.717, 1.165) is 14.3 Å². The number of nitrogens with one attached hydrogen (secondary N) is 2. The van der Waals surface area contributed by atoms with Crippen LogP contribution in [0.5, 0.6) is 0 Å². The summed E-state index contributed by atoms with van der Waals surface area (Å²) in [5, 5.41) is 10.0. The maximum atomic E-state index is 14.0. The van der Waals surface area contributed by atoms with Crippen molar-refractivity contribution in [2.24, 2.45) is 0 Å². The van der Waals surface area contributed by atoms with Crippen molar-refractivity contribution < 1.29 is 8.78 Å². The first kappa shape index (κ1) is 34.6. The number of rotatable bonds is 6. The Morgan fingerprint density at radius 2 is 1.15 bits per heavy atom. The number of benzene rings is 4. The van der Waals surface area contributed by atoms with Crippen LogP contribution in [0.25, 0.3) is 21.8 Å². The van der Waals surface area contributed by atoms with Crippen molar-refractivity contribution in [2.75, 3.05) is 10.6 Å². The predicted molar refractivity (Wildman–Crippen MR) is 196 cm³/mol. The average Bonchev–Trinajstić information content (AvgIpc) is 3.03. The van der Waals surface area contributed by atoms with E-state index in [2.05, 4.69) is 52.5 Å². The lowest BCUT2D eigenvalue weighted by Gasteiger charge is -2.19. The van der Waals surface area contributed by atoms with Crippen LogP contribution in [-0.2, 0) is 0 Å². The lowest BCUT2D eigenvalue weighted by molar-refractivity contribution is 0.600. The molecule has 0 saturated carbocycles. The van der Waals surface area contributed by atoms with Gasteiger partial charge in [-0.05, 0) is 82.1 Å². The van der Waals surface area contributed by atoms with Gasteiger partial charge in [-0.15, -0.1) is 0 Å². The zero-order valence-corrected chi connectivity index (χ0v) is 30.4. The lowest BCUT2D eigenvalue weighted by atomic mass is 10.1. The molecule has 0 aliphatic rings. The van der Waals surface area contributed by atoms with E-state index >= 15 is 0 Å². The van der Waals surface area contributed by atoms with Gasteiger partial charge in [0.25, 0.3) is 0 Å². The maximum absolute atomic E-state index is 14.0. The fraction of sp³-hybridized carbons (Fsp3) is 0.118. The van der Waals surface area contributed by atoms with Gasteiger partial charge < -0.3 is 10.6 Å². The van der Waals surface area contributed by atoms with Gasteiger partial charge in [0.2, 0.25) is 0 Å². The second kappa shape index (κ2) is 15.0. The third kappa shape index (κ3) is 7.53. The largest absolute Gasteiger partial charge is 0.377 e. The number of hydrogen-bond donors (Lipinski definition) is 2. The molecular weight excluding hydrogens is 804 g/mol. The van der Waals surface area contributed by atoms with Gasteiger partial charge in [-0.3, -0.25) is 9.97 Å². The quantitative estimate of drug-likeness (QED) is 0.176. The summed E-state index contributed by atoms with van der Waals surface area (Å²) in [5.41, 5.74) is 3.89. The van der Waals surface area contributed by atoms with E-state index in [-0.39, 0.29) is 23.7 Å². The molecule has 0 fully saturated rings. The number of aromatic nitrogens is 2. The molecule has 12 heteroatoms. The Balaban J connectivity index is 0.000000181. The van der Waals surface area contributed by atoms with E-state index in [9.17, 15) is 8.78 Å². The normalized spacial score (nSPS) is 12.4. The van der Waals surface area contributed by atoms with Crippen LogP contribution >= 0.6 is 78.3 Å². The highest BCUT2D eigenvalue weighted by atomic mass is 79.9.